The first-order chi connectivity index (χ1) is 37.0. The number of aliphatic hydroxyl groups excluding tert-OH is 2. The summed E-state index contributed by atoms with van der Waals surface area (Å²) in [5.41, 5.74) is 0. The van der Waals surface area contributed by atoms with Crippen molar-refractivity contribution in [3.63, 3.8) is 0 Å². The summed E-state index contributed by atoms with van der Waals surface area (Å²) >= 11 is 0. The Labute approximate surface area is 468 Å². The highest BCUT2D eigenvalue weighted by molar-refractivity contribution is 5.76. The molecule has 0 aromatic heterocycles. The fourth-order valence-corrected chi connectivity index (χ4v) is 10.4. The van der Waals surface area contributed by atoms with Crippen LogP contribution in [0.5, 0.6) is 0 Å². The molecule has 75 heavy (non-hydrogen) atoms. The molecule has 0 fully saturated rings. The number of carbonyl (C=O) groups excluding carboxylic acids is 2. The van der Waals surface area contributed by atoms with Crippen LogP contribution >= 0.6 is 0 Å². The Kier molecular flexibility index (Phi) is 63.0. The van der Waals surface area contributed by atoms with Crippen LogP contribution in [0.25, 0.3) is 0 Å². The summed E-state index contributed by atoms with van der Waals surface area (Å²) in [5.74, 6) is -0.0681. The van der Waals surface area contributed by atoms with E-state index in [1.54, 1.807) is 6.08 Å². The first-order valence-corrected chi connectivity index (χ1v) is 33.8. The van der Waals surface area contributed by atoms with E-state index in [2.05, 4.69) is 43.5 Å². The number of esters is 1. The molecule has 0 aliphatic rings. The van der Waals surface area contributed by atoms with Crippen LogP contribution in [0.15, 0.2) is 36.5 Å². The molecule has 1 amide bonds. The van der Waals surface area contributed by atoms with Crippen molar-refractivity contribution < 1.29 is 24.5 Å². The fourth-order valence-electron chi connectivity index (χ4n) is 10.4. The summed E-state index contributed by atoms with van der Waals surface area (Å²) in [6, 6.07) is -0.634. The summed E-state index contributed by atoms with van der Waals surface area (Å²) in [7, 11) is 0. The number of hydrogen-bond donors (Lipinski definition) is 3. The third kappa shape index (κ3) is 61.2. The number of allylic oxidation sites excluding steroid dienone is 5. The topological polar surface area (TPSA) is 95.9 Å². The van der Waals surface area contributed by atoms with Crippen LogP contribution in [0.4, 0.5) is 0 Å². The smallest absolute Gasteiger partial charge is 0.305 e. The van der Waals surface area contributed by atoms with Crippen molar-refractivity contribution in [2.24, 2.45) is 0 Å². The summed E-state index contributed by atoms with van der Waals surface area (Å²) in [5, 5.41) is 23.2. The number of rotatable bonds is 63. The highest BCUT2D eigenvalue weighted by Crippen LogP contribution is 2.18. The van der Waals surface area contributed by atoms with E-state index in [0.29, 0.717) is 19.4 Å². The molecule has 0 aliphatic heterocycles. The van der Waals surface area contributed by atoms with Gasteiger partial charge in [-0.15, -0.1) is 0 Å². The average Bonchev–Trinajstić information content (AvgIpc) is 3.41. The lowest BCUT2D eigenvalue weighted by molar-refractivity contribution is -0.143. The zero-order valence-electron chi connectivity index (χ0n) is 50.5. The van der Waals surface area contributed by atoms with Gasteiger partial charge in [0.2, 0.25) is 5.91 Å². The summed E-state index contributed by atoms with van der Waals surface area (Å²) in [6.07, 6.45) is 82.0. The molecule has 0 aromatic carbocycles. The van der Waals surface area contributed by atoms with E-state index < -0.39 is 12.1 Å². The Hall–Kier alpha value is -1.92. The highest BCUT2D eigenvalue weighted by Gasteiger charge is 2.18. The molecule has 0 bridgehead atoms. The van der Waals surface area contributed by atoms with Gasteiger partial charge in [0.1, 0.15) is 0 Å². The molecule has 0 saturated heterocycles. The minimum absolute atomic E-state index is 0.00340. The van der Waals surface area contributed by atoms with E-state index in [1.807, 2.05) is 6.08 Å². The molecule has 0 heterocycles. The van der Waals surface area contributed by atoms with E-state index >= 15 is 0 Å². The number of nitrogens with one attached hydrogen (secondary N) is 1. The summed E-state index contributed by atoms with van der Waals surface area (Å²) in [6.45, 7) is 4.92. The summed E-state index contributed by atoms with van der Waals surface area (Å²) < 4.78 is 5.48. The van der Waals surface area contributed by atoms with Crippen molar-refractivity contribution in [2.45, 2.75) is 379 Å². The van der Waals surface area contributed by atoms with Crippen LogP contribution in [0.2, 0.25) is 0 Å². The molecule has 2 unspecified atom stereocenters. The van der Waals surface area contributed by atoms with Crippen molar-refractivity contribution >= 4 is 11.9 Å². The van der Waals surface area contributed by atoms with Crippen molar-refractivity contribution in [3.05, 3.63) is 36.5 Å². The molecule has 442 valence electrons. The van der Waals surface area contributed by atoms with Gasteiger partial charge < -0.3 is 20.3 Å². The van der Waals surface area contributed by atoms with Crippen molar-refractivity contribution in [1.29, 1.82) is 0 Å². The third-order valence-corrected chi connectivity index (χ3v) is 15.6. The maximum atomic E-state index is 12.5. The zero-order chi connectivity index (χ0) is 54.3. The van der Waals surface area contributed by atoms with Crippen molar-refractivity contribution in [2.75, 3.05) is 13.2 Å². The number of hydrogen-bond acceptors (Lipinski definition) is 5. The van der Waals surface area contributed by atoms with E-state index in [1.165, 1.54) is 289 Å². The molecule has 6 heteroatoms. The third-order valence-electron chi connectivity index (χ3n) is 15.6. The maximum Gasteiger partial charge on any atom is 0.305 e. The lowest BCUT2D eigenvalue weighted by Gasteiger charge is -2.20. The molecule has 0 radical (unpaired) electrons. The lowest BCUT2D eigenvalue weighted by Crippen LogP contribution is -2.45. The minimum atomic E-state index is -0.850. The van der Waals surface area contributed by atoms with Gasteiger partial charge in [0.25, 0.3) is 0 Å². The minimum Gasteiger partial charge on any atom is -0.466 e. The maximum absolute atomic E-state index is 12.5. The molecule has 0 aromatic rings. The second-order valence-electron chi connectivity index (χ2n) is 23.1. The standard InChI is InChI=1S/C69H131NO5/c1-3-5-7-9-11-13-15-17-19-20-21-27-30-34-37-41-45-49-53-57-61-67(72)66(65-71)70-68(73)62-58-54-50-46-42-38-35-31-28-25-23-22-24-26-29-32-36-40-44-48-52-56-60-64-75-69(74)63-59-55-51-47-43-39-33-18-16-14-12-10-8-6-4-2/h18,25,28,33,57,61,66-67,71-72H,3-17,19-24,26-27,29-32,34-56,58-60,62-65H2,1-2H3,(H,70,73)/b28-25-,33-18-,61-57+. The largest absolute Gasteiger partial charge is 0.466 e. The molecular formula is C69H131NO5. The molecule has 3 N–H and O–H groups in total. The van der Waals surface area contributed by atoms with Crippen LogP contribution in [-0.4, -0.2) is 47.4 Å². The number of ether oxygens (including phenoxy) is 1. The first kappa shape index (κ1) is 73.1. The second kappa shape index (κ2) is 64.6. The molecular weight excluding hydrogens is 923 g/mol. The van der Waals surface area contributed by atoms with Crippen LogP contribution in [-0.2, 0) is 14.3 Å². The molecule has 6 nitrogen and oxygen atoms in total. The predicted octanol–water partition coefficient (Wildman–Crippen LogP) is 21.5. The van der Waals surface area contributed by atoms with Crippen LogP contribution in [0.1, 0.15) is 367 Å². The summed E-state index contributed by atoms with van der Waals surface area (Å²) in [4.78, 5) is 24.6. The van der Waals surface area contributed by atoms with E-state index in [9.17, 15) is 19.8 Å². The Morgan fingerprint density at radius 2 is 0.627 bits per heavy atom. The Balaban J connectivity index is 3.44. The highest BCUT2D eigenvalue weighted by atomic mass is 16.5. The molecule has 0 aliphatic carbocycles. The quantitative estimate of drug-likeness (QED) is 0.0320. The van der Waals surface area contributed by atoms with E-state index in [4.69, 9.17) is 4.74 Å². The molecule has 0 saturated carbocycles. The normalized spacial score (nSPS) is 12.7. The van der Waals surface area contributed by atoms with Gasteiger partial charge in [-0.25, -0.2) is 0 Å². The van der Waals surface area contributed by atoms with Gasteiger partial charge in [0.05, 0.1) is 25.4 Å². The van der Waals surface area contributed by atoms with Crippen molar-refractivity contribution in [3.8, 4) is 0 Å². The van der Waals surface area contributed by atoms with E-state index in [0.717, 1.165) is 51.4 Å². The fraction of sp³-hybridized carbons (Fsp3) is 0.884. The van der Waals surface area contributed by atoms with Gasteiger partial charge in [-0.2, -0.15) is 0 Å². The first-order valence-electron chi connectivity index (χ1n) is 33.8. The monoisotopic (exact) mass is 1050 g/mol. The van der Waals surface area contributed by atoms with Gasteiger partial charge in [-0.05, 0) is 83.5 Å². The van der Waals surface area contributed by atoms with Gasteiger partial charge in [0, 0.05) is 12.8 Å². The predicted molar refractivity (Wildman–Crippen MR) is 329 cm³/mol. The van der Waals surface area contributed by atoms with E-state index in [-0.39, 0.29) is 18.5 Å². The Morgan fingerprint density at radius 1 is 0.360 bits per heavy atom. The number of carbonyl (C=O) groups is 2. The van der Waals surface area contributed by atoms with Crippen LogP contribution in [0.3, 0.4) is 0 Å². The second-order valence-corrected chi connectivity index (χ2v) is 23.1. The van der Waals surface area contributed by atoms with Gasteiger partial charge in [0.15, 0.2) is 0 Å². The van der Waals surface area contributed by atoms with Gasteiger partial charge >= 0.3 is 5.97 Å². The molecule has 2 atom stereocenters. The van der Waals surface area contributed by atoms with Gasteiger partial charge in [-0.3, -0.25) is 9.59 Å². The Morgan fingerprint density at radius 3 is 0.947 bits per heavy atom. The van der Waals surface area contributed by atoms with Crippen LogP contribution in [0, 0.1) is 0 Å². The number of aliphatic hydroxyl groups is 2. The van der Waals surface area contributed by atoms with Crippen molar-refractivity contribution in [1.82, 2.24) is 5.32 Å². The number of amides is 1. The molecule has 0 rings (SSSR count). The number of unbranched alkanes of at least 4 members (excludes halogenated alkanes) is 48. The SMILES string of the molecule is CCCCCCCC/C=C\CCCCCCCC(=O)OCCCCCCCCCCCCCC/C=C\CCCCCCCCCC(=O)NC(CO)C(O)/C=C/CCCCCCCCCCCCCCCCCCCC. The lowest BCUT2D eigenvalue weighted by atomic mass is 10.0. The average molecular weight is 1050 g/mol. The molecule has 0 spiro atoms. The zero-order valence-corrected chi connectivity index (χ0v) is 50.5. The van der Waals surface area contributed by atoms with Gasteiger partial charge in [-0.1, -0.05) is 307 Å². The Bertz CT molecular complexity index is 1210. The van der Waals surface area contributed by atoms with Crippen LogP contribution < -0.4 is 5.32 Å².